The van der Waals surface area contributed by atoms with Crippen molar-refractivity contribution < 1.29 is 9.53 Å². The second-order valence-electron chi connectivity index (χ2n) is 3.96. The molecule has 0 saturated heterocycles. The van der Waals surface area contributed by atoms with Crippen molar-refractivity contribution in [2.24, 2.45) is 0 Å². The van der Waals surface area contributed by atoms with Crippen molar-refractivity contribution in [1.29, 1.82) is 0 Å². The molecule has 0 heterocycles. The lowest BCUT2D eigenvalue weighted by molar-refractivity contribution is 0.0979. The zero-order chi connectivity index (χ0) is 11.8. The van der Waals surface area contributed by atoms with Crippen LogP contribution in [0.5, 0.6) is 5.75 Å². The quantitative estimate of drug-likeness (QED) is 0.515. The molecule has 0 aliphatic carbocycles. The van der Waals surface area contributed by atoms with E-state index in [2.05, 4.69) is 6.92 Å². The minimum Gasteiger partial charge on any atom is -0.497 e. The number of methoxy groups -OCH3 is 1. The summed E-state index contributed by atoms with van der Waals surface area (Å²) in [5.74, 6) is 1.03. The number of rotatable bonds is 7. The third-order valence-electron chi connectivity index (χ3n) is 2.67. The highest BCUT2D eigenvalue weighted by Gasteiger charge is 2.05. The largest absolute Gasteiger partial charge is 0.497 e. The van der Waals surface area contributed by atoms with E-state index in [1.807, 2.05) is 24.3 Å². The molecule has 1 aromatic carbocycles. The molecule has 0 bridgehead atoms. The van der Waals surface area contributed by atoms with E-state index in [-0.39, 0.29) is 5.78 Å². The lowest BCUT2D eigenvalue weighted by Gasteiger charge is -2.03. The second kappa shape index (κ2) is 7.04. The number of carbonyl (C=O) groups is 1. The normalized spacial score (nSPS) is 10.1. The highest BCUT2D eigenvalue weighted by molar-refractivity contribution is 5.96. The van der Waals surface area contributed by atoms with E-state index in [1.165, 1.54) is 12.8 Å². The second-order valence-corrected chi connectivity index (χ2v) is 3.96. The van der Waals surface area contributed by atoms with Crippen LogP contribution in [0, 0.1) is 0 Å². The molecule has 88 valence electrons. The Morgan fingerprint density at radius 2 is 1.81 bits per heavy atom. The van der Waals surface area contributed by atoms with Crippen LogP contribution in [0.2, 0.25) is 0 Å². The lowest BCUT2D eigenvalue weighted by atomic mass is 10.0. The molecule has 0 spiro atoms. The molecule has 1 aromatic rings. The van der Waals surface area contributed by atoms with Gasteiger partial charge in [-0.05, 0) is 30.7 Å². The number of hydrogen-bond acceptors (Lipinski definition) is 2. The fourth-order valence-electron chi connectivity index (χ4n) is 1.63. The monoisotopic (exact) mass is 220 g/mol. The molecule has 0 aliphatic heterocycles. The first kappa shape index (κ1) is 12.8. The standard InChI is InChI=1S/C14H20O2/c1-3-4-5-6-7-14(15)12-8-10-13(16-2)11-9-12/h8-11H,3-7H2,1-2H3. The van der Waals surface area contributed by atoms with Crippen LogP contribution in [0.15, 0.2) is 24.3 Å². The third kappa shape index (κ3) is 4.05. The van der Waals surface area contributed by atoms with Gasteiger partial charge in [-0.2, -0.15) is 0 Å². The smallest absolute Gasteiger partial charge is 0.162 e. The number of ketones is 1. The van der Waals surface area contributed by atoms with Gasteiger partial charge < -0.3 is 4.74 Å². The summed E-state index contributed by atoms with van der Waals surface area (Å²) in [6, 6.07) is 7.33. The van der Waals surface area contributed by atoms with Crippen molar-refractivity contribution in [3.05, 3.63) is 29.8 Å². The summed E-state index contributed by atoms with van der Waals surface area (Å²) in [4.78, 5) is 11.8. The predicted molar refractivity (Wildman–Crippen MR) is 66.1 cm³/mol. The zero-order valence-electron chi connectivity index (χ0n) is 10.2. The minimum absolute atomic E-state index is 0.235. The first-order chi connectivity index (χ1) is 7.77. The van der Waals surface area contributed by atoms with E-state index in [0.29, 0.717) is 6.42 Å². The van der Waals surface area contributed by atoms with Gasteiger partial charge in [0.15, 0.2) is 5.78 Å². The van der Waals surface area contributed by atoms with E-state index in [1.54, 1.807) is 7.11 Å². The SMILES string of the molecule is CCCCCCC(=O)c1ccc(OC)cc1. The molecule has 2 heteroatoms. The Kier molecular flexibility index (Phi) is 5.62. The van der Waals surface area contributed by atoms with E-state index >= 15 is 0 Å². The number of hydrogen-bond donors (Lipinski definition) is 0. The predicted octanol–water partition coefficient (Wildman–Crippen LogP) is 3.85. The highest BCUT2D eigenvalue weighted by Crippen LogP contribution is 2.14. The van der Waals surface area contributed by atoms with Crippen LogP contribution in [0.1, 0.15) is 49.4 Å². The summed E-state index contributed by atoms with van der Waals surface area (Å²) < 4.78 is 5.05. The Bertz CT molecular complexity index is 314. The van der Waals surface area contributed by atoms with Crippen molar-refractivity contribution in [1.82, 2.24) is 0 Å². The van der Waals surface area contributed by atoms with Crippen LogP contribution < -0.4 is 4.74 Å². The molecule has 0 aliphatic rings. The van der Waals surface area contributed by atoms with Gasteiger partial charge in [-0.25, -0.2) is 0 Å². The Balaban J connectivity index is 2.40. The third-order valence-corrected chi connectivity index (χ3v) is 2.67. The summed E-state index contributed by atoms with van der Waals surface area (Å²) in [6.45, 7) is 2.17. The molecule has 0 N–H and O–H groups in total. The Morgan fingerprint density at radius 1 is 1.12 bits per heavy atom. The van der Waals surface area contributed by atoms with E-state index in [4.69, 9.17) is 4.74 Å². The number of ether oxygens (including phenoxy) is 1. The summed E-state index contributed by atoms with van der Waals surface area (Å²) in [7, 11) is 1.63. The molecule has 1 rings (SSSR count). The summed E-state index contributed by atoms with van der Waals surface area (Å²) in [5, 5.41) is 0. The zero-order valence-corrected chi connectivity index (χ0v) is 10.2. The van der Waals surface area contributed by atoms with Crippen molar-refractivity contribution in [3.63, 3.8) is 0 Å². The summed E-state index contributed by atoms with van der Waals surface area (Å²) in [5.41, 5.74) is 0.789. The molecule has 0 fully saturated rings. The van der Waals surface area contributed by atoms with Crippen molar-refractivity contribution in [2.75, 3.05) is 7.11 Å². The van der Waals surface area contributed by atoms with Gasteiger partial charge in [-0.3, -0.25) is 4.79 Å². The lowest BCUT2D eigenvalue weighted by Crippen LogP contribution is -1.98. The van der Waals surface area contributed by atoms with E-state index in [0.717, 1.165) is 24.2 Å². The van der Waals surface area contributed by atoms with Crippen molar-refractivity contribution in [3.8, 4) is 5.75 Å². The van der Waals surface area contributed by atoms with Gasteiger partial charge in [0.2, 0.25) is 0 Å². The Hall–Kier alpha value is -1.31. The van der Waals surface area contributed by atoms with Gasteiger partial charge in [-0.15, -0.1) is 0 Å². The molecular weight excluding hydrogens is 200 g/mol. The average molecular weight is 220 g/mol. The molecule has 0 aromatic heterocycles. The van der Waals surface area contributed by atoms with E-state index < -0.39 is 0 Å². The van der Waals surface area contributed by atoms with Gasteiger partial charge in [0, 0.05) is 12.0 Å². The Labute approximate surface area is 97.6 Å². The molecule has 0 unspecified atom stereocenters. The van der Waals surface area contributed by atoms with Gasteiger partial charge in [0.25, 0.3) is 0 Å². The van der Waals surface area contributed by atoms with Gasteiger partial charge >= 0.3 is 0 Å². The Morgan fingerprint density at radius 3 is 2.38 bits per heavy atom. The number of carbonyl (C=O) groups excluding carboxylic acids is 1. The molecule has 0 atom stereocenters. The maximum absolute atomic E-state index is 11.8. The highest BCUT2D eigenvalue weighted by atomic mass is 16.5. The maximum atomic E-state index is 11.8. The van der Waals surface area contributed by atoms with Crippen LogP contribution in [-0.4, -0.2) is 12.9 Å². The first-order valence-electron chi connectivity index (χ1n) is 5.95. The van der Waals surface area contributed by atoms with Gasteiger partial charge in [0.1, 0.15) is 5.75 Å². The fraction of sp³-hybridized carbons (Fsp3) is 0.500. The van der Waals surface area contributed by atoms with Crippen LogP contribution in [0.4, 0.5) is 0 Å². The van der Waals surface area contributed by atoms with Gasteiger partial charge in [0.05, 0.1) is 7.11 Å². The first-order valence-corrected chi connectivity index (χ1v) is 5.95. The molecule has 0 amide bonds. The van der Waals surface area contributed by atoms with Crippen molar-refractivity contribution >= 4 is 5.78 Å². The maximum Gasteiger partial charge on any atom is 0.162 e. The van der Waals surface area contributed by atoms with Crippen LogP contribution >= 0.6 is 0 Å². The molecule has 2 nitrogen and oxygen atoms in total. The van der Waals surface area contributed by atoms with Crippen LogP contribution in [0.25, 0.3) is 0 Å². The molecule has 16 heavy (non-hydrogen) atoms. The van der Waals surface area contributed by atoms with Crippen molar-refractivity contribution in [2.45, 2.75) is 39.0 Å². The van der Waals surface area contributed by atoms with Gasteiger partial charge in [-0.1, -0.05) is 26.2 Å². The number of benzene rings is 1. The summed E-state index contributed by atoms with van der Waals surface area (Å²) in [6.07, 6.45) is 5.23. The van der Waals surface area contributed by atoms with Crippen LogP contribution in [-0.2, 0) is 0 Å². The fourth-order valence-corrected chi connectivity index (χ4v) is 1.63. The number of Topliss-reactive ketones (excluding diaryl/α,β-unsaturated/α-hetero) is 1. The molecular formula is C14H20O2. The average Bonchev–Trinajstić information content (AvgIpc) is 2.34. The molecule has 0 radical (unpaired) electrons. The topological polar surface area (TPSA) is 26.3 Å². The van der Waals surface area contributed by atoms with E-state index in [9.17, 15) is 4.79 Å². The molecule has 0 saturated carbocycles. The van der Waals surface area contributed by atoms with Crippen LogP contribution in [0.3, 0.4) is 0 Å². The minimum atomic E-state index is 0.235. The number of unbranched alkanes of at least 4 members (excludes halogenated alkanes) is 3. The summed E-state index contributed by atoms with van der Waals surface area (Å²) >= 11 is 0.